The van der Waals surface area contributed by atoms with Crippen LogP contribution in [0.2, 0.25) is 0 Å². The molecule has 0 spiro atoms. The summed E-state index contributed by atoms with van der Waals surface area (Å²) in [5.74, 6) is 1.44. The van der Waals surface area contributed by atoms with Crippen LogP contribution in [0.5, 0.6) is 0 Å². The molecule has 0 radical (unpaired) electrons. The standard InChI is InChI=1S/C23H22N6O/c30-22-12-21(18-4-3-9-24-13-18)27-16-29(22)14-17-7-10-28(11-8-17)23-19-5-1-2-6-20(19)25-15-26-23/h1-6,9,12-13,15-17H,7-8,10-11,14H2. The van der Waals surface area contributed by atoms with E-state index in [4.69, 9.17) is 0 Å². The van der Waals surface area contributed by atoms with Gasteiger partial charge in [-0.05, 0) is 43.0 Å². The fourth-order valence-corrected chi connectivity index (χ4v) is 4.08. The van der Waals surface area contributed by atoms with Gasteiger partial charge in [0.2, 0.25) is 0 Å². The Morgan fingerprint density at radius 2 is 1.87 bits per heavy atom. The summed E-state index contributed by atoms with van der Waals surface area (Å²) in [7, 11) is 0. The second-order valence-electron chi connectivity index (χ2n) is 7.65. The first-order valence-electron chi connectivity index (χ1n) is 10.2. The van der Waals surface area contributed by atoms with Gasteiger partial charge >= 0.3 is 0 Å². The van der Waals surface area contributed by atoms with Gasteiger partial charge in [-0.2, -0.15) is 0 Å². The monoisotopic (exact) mass is 398 g/mol. The lowest BCUT2D eigenvalue weighted by Crippen LogP contribution is -2.37. The van der Waals surface area contributed by atoms with Crippen molar-refractivity contribution in [2.75, 3.05) is 18.0 Å². The van der Waals surface area contributed by atoms with Crippen LogP contribution < -0.4 is 10.5 Å². The van der Waals surface area contributed by atoms with Crippen LogP contribution in [0.4, 0.5) is 5.82 Å². The number of aromatic nitrogens is 5. The van der Waals surface area contributed by atoms with Gasteiger partial charge in [-0.1, -0.05) is 12.1 Å². The van der Waals surface area contributed by atoms with Crippen molar-refractivity contribution in [3.63, 3.8) is 0 Å². The van der Waals surface area contributed by atoms with Gasteiger partial charge in [-0.25, -0.2) is 15.0 Å². The van der Waals surface area contributed by atoms with Crippen molar-refractivity contribution in [3.8, 4) is 11.3 Å². The summed E-state index contributed by atoms with van der Waals surface area (Å²) in [6.45, 7) is 2.53. The van der Waals surface area contributed by atoms with E-state index in [0.717, 1.165) is 48.2 Å². The van der Waals surface area contributed by atoms with Gasteiger partial charge in [0.1, 0.15) is 12.1 Å². The van der Waals surface area contributed by atoms with E-state index in [1.165, 1.54) is 0 Å². The van der Waals surface area contributed by atoms with Crippen molar-refractivity contribution < 1.29 is 0 Å². The summed E-state index contributed by atoms with van der Waals surface area (Å²) >= 11 is 0. The van der Waals surface area contributed by atoms with Gasteiger partial charge in [0.25, 0.3) is 5.56 Å². The first-order valence-corrected chi connectivity index (χ1v) is 10.2. The quantitative estimate of drug-likeness (QED) is 0.526. The molecule has 4 aromatic rings. The lowest BCUT2D eigenvalue weighted by molar-refractivity contribution is 0.350. The molecule has 0 bridgehead atoms. The first-order chi connectivity index (χ1) is 14.8. The molecule has 0 N–H and O–H groups in total. The van der Waals surface area contributed by atoms with E-state index < -0.39 is 0 Å². The molecule has 1 fully saturated rings. The molecule has 0 amide bonds. The average molecular weight is 398 g/mol. The van der Waals surface area contributed by atoms with Crippen LogP contribution in [0.25, 0.3) is 22.2 Å². The average Bonchev–Trinajstić information content (AvgIpc) is 2.81. The highest BCUT2D eigenvalue weighted by Gasteiger charge is 2.22. The third-order valence-electron chi connectivity index (χ3n) is 5.73. The van der Waals surface area contributed by atoms with Crippen LogP contribution >= 0.6 is 0 Å². The minimum Gasteiger partial charge on any atom is -0.356 e. The van der Waals surface area contributed by atoms with E-state index in [1.54, 1.807) is 35.7 Å². The van der Waals surface area contributed by atoms with Gasteiger partial charge in [-0.15, -0.1) is 0 Å². The highest BCUT2D eigenvalue weighted by Crippen LogP contribution is 2.27. The van der Waals surface area contributed by atoms with E-state index in [-0.39, 0.29) is 5.56 Å². The summed E-state index contributed by atoms with van der Waals surface area (Å²) < 4.78 is 1.72. The van der Waals surface area contributed by atoms with E-state index in [2.05, 4.69) is 30.9 Å². The van der Waals surface area contributed by atoms with Crippen molar-refractivity contribution >= 4 is 16.7 Å². The largest absolute Gasteiger partial charge is 0.356 e. The van der Waals surface area contributed by atoms with E-state index in [1.807, 2.05) is 30.3 Å². The number of piperidine rings is 1. The third kappa shape index (κ3) is 3.66. The lowest BCUT2D eigenvalue weighted by Gasteiger charge is -2.33. The molecule has 1 aromatic carbocycles. The van der Waals surface area contributed by atoms with Gasteiger partial charge in [0, 0.05) is 49.0 Å². The molecule has 7 nitrogen and oxygen atoms in total. The molecular formula is C23H22N6O. The molecule has 5 rings (SSSR count). The fraction of sp³-hybridized carbons (Fsp3) is 0.261. The highest BCUT2D eigenvalue weighted by atomic mass is 16.1. The van der Waals surface area contributed by atoms with Gasteiger partial charge in [0.15, 0.2) is 0 Å². The van der Waals surface area contributed by atoms with Crippen LogP contribution in [0.1, 0.15) is 12.8 Å². The number of para-hydroxylation sites is 1. The van der Waals surface area contributed by atoms with Gasteiger partial charge < -0.3 is 4.90 Å². The number of fused-ring (bicyclic) bond motifs is 1. The Kier molecular flexibility index (Phi) is 4.93. The van der Waals surface area contributed by atoms with Gasteiger partial charge in [-0.3, -0.25) is 14.3 Å². The number of hydrogen-bond acceptors (Lipinski definition) is 6. The Hall–Kier alpha value is -3.61. The van der Waals surface area contributed by atoms with Crippen molar-refractivity contribution in [3.05, 3.63) is 77.9 Å². The summed E-state index contributed by atoms with van der Waals surface area (Å²) in [6, 6.07) is 13.5. The smallest absolute Gasteiger partial charge is 0.253 e. The van der Waals surface area contributed by atoms with E-state index in [9.17, 15) is 4.79 Å². The zero-order valence-corrected chi connectivity index (χ0v) is 16.6. The Balaban J connectivity index is 1.27. The Morgan fingerprint density at radius 1 is 1.00 bits per heavy atom. The molecule has 1 saturated heterocycles. The molecular weight excluding hydrogens is 376 g/mol. The second kappa shape index (κ2) is 8.02. The molecule has 7 heteroatoms. The van der Waals surface area contributed by atoms with Gasteiger partial charge in [0.05, 0.1) is 17.5 Å². The lowest BCUT2D eigenvalue weighted by atomic mass is 9.96. The molecule has 0 saturated carbocycles. The van der Waals surface area contributed by atoms with Crippen molar-refractivity contribution in [1.82, 2.24) is 24.5 Å². The topological polar surface area (TPSA) is 76.8 Å². The predicted molar refractivity (Wildman–Crippen MR) is 116 cm³/mol. The number of rotatable bonds is 4. The highest BCUT2D eigenvalue weighted by molar-refractivity contribution is 5.89. The zero-order valence-electron chi connectivity index (χ0n) is 16.6. The molecule has 4 heterocycles. The molecule has 150 valence electrons. The number of pyridine rings is 1. The second-order valence-corrected chi connectivity index (χ2v) is 7.65. The summed E-state index contributed by atoms with van der Waals surface area (Å²) in [4.78, 5) is 32.4. The maximum atomic E-state index is 12.6. The number of anilines is 1. The van der Waals surface area contributed by atoms with Crippen molar-refractivity contribution in [2.24, 2.45) is 5.92 Å². The van der Waals surface area contributed by atoms with Crippen LogP contribution in [0.15, 0.2) is 72.3 Å². The molecule has 0 atom stereocenters. The summed E-state index contributed by atoms with van der Waals surface area (Å²) in [6.07, 6.45) is 8.75. The normalized spacial score (nSPS) is 14.9. The summed E-state index contributed by atoms with van der Waals surface area (Å²) in [5.41, 5.74) is 2.46. The Labute approximate surface area is 174 Å². The fourth-order valence-electron chi connectivity index (χ4n) is 4.08. The minimum atomic E-state index is -0.0203. The third-order valence-corrected chi connectivity index (χ3v) is 5.73. The maximum Gasteiger partial charge on any atom is 0.253 e. The Bertz CT molecular complexity index is 1210. The zero-order chi connectivity index (χ0) is 20.3. The van der Waals surface area contributed by atoms with Crippen molar-refractivity contribution in [2.45, 2.75) is 19.4 Å². The molecule has 0 aliphatic carbocycles. The first kappa shape index (κ1) is 18.4. The number of hydrogen-bond donors (Lipinski definition) is 0. The molecule has 30 heavy (non-hydrogen) atoms. The number of nitrogens with zero attached hydrogens (tertiary/aromatic N) is 6. The van der Waals surface area contributed by atoms with Crippen LogP contribution in [-0.4, -0.2) is 37.6 Å². The van der Waals surface area contributed by atoms with Crippen LogP contribution in [-0.2, 0) is 6.54 Å². The molecule has 1 aliphatic rings. The van der Waals surface area contributed by atoms with Crippen LogP contribution in [0, 0.1) is 5.92 Å². The van der Waals surface area contributed by atoms with E-state index >= 15 is 0 Å². The summed E-state index contributed by atoms with van der Waals surface area (Å²) in [5, 5.41) is 1.09. The Morgan fingerprint density at radius 3 is 2.67 bits per heavy atom. The van der Waals surface area contributed by atoms with Crippen molar-refractivity contribution in [1.29, 1.82) is 0 Å². The molecule has 1 aliphatic heterocycles. The molecule has 0 unspecified atom stereocenters. The minimum absolute atomic E-state index is 0.0203. The SMILES string of the molecule is O=c1cc(-c2cccnc2)ncn1CC1CCN(c2ncnc3ccccc23)CC1. The molecule has 3 aromatic heterocycles. The predicted octanol–water partition coefficient (Wildman–Crippen LogP) is 3.17. The van der Waals surface area contributed by atoms with E-state index in [0.29, 0.717) is 18.2 Å². The maximum absolute atomic E-state index is 12.6. The number of benzene rings is 1. The van der Waals surface area contributed by atoms with Crippen LogP contribution in [0.3, 0.4) is 0 Å².